The van der Waals surface area contributed by atoms with Gasteiger partial charge in [0.2, 0.25) is 0 Å². The zero-order valence-corrected chi connectivity index (χ0v) is 40.0. The zero-order valence-electron chi connectivity index (χ0n) is 40.0. The normalized spacial score (nSPS) is 52.4. The van der Waals surface area contributed by atoms with Crippen molar-refractivity contribution in [2.75, 3.05) is 19.8 Å². The van der Waals surface area contributed by atoms with Crippen LogP contribution in [0.5, 0.6) is 0 Å². The van der Waals surface area contributed by atoms with Gasteiger partial charge in [-0.1, -0.05) is 46.3 Å². The molecule has 382 valence electrons. The standard InChI is InChI=1S/C48H82O18/c1-22(2)10-9-15-47(7,66-42-39(60)36(57)33(54)26(20-50)62-42)29-13-17-46(6)23-11-12-28-44(3,4)31(14-16-45(28,5)24(23)18-30(52)48(29,46)8)64-43-40(37(58)34(55)27(21-51)63-43)65-41-38(59)35(56)32(53)25(19-49)61-41/h10,23-43,49-60H,9,11-21H2,1-8H3/t23-,24+,25-,26-,27-,28+,29-,30-,31+,32-,33-,34-,35+,36+,37+,38-,39-,40-,41+,42+,43+,45-,46+,47+,48+/m1/s1. The van der Waals surface area contributed by atoms with Gasteiger partial charge in [-0.2, -0.15) is 0 Å². The summed E-state index contributed by atoms with van der Waals surface area (Å²) < 4.78 is 37.2. The highest BCUT2D eigenvalue weighted by molar-refractivity contribution is 5.21. The Balaban J connectivity index is 1.13. The van der Waals surface area contributed by atoms with Crippen LogP contribution in [0.1, 0.15) is 113 Å². The van der Waals surface area contributed by atoms with Crippen molar-refractivity contribution < 1.29 is 89.7 Å². The summed E-state index contributed by atoms with van der Waals surface area (Å²) in [4.78, 5) is 0. The minimum absolute atomic E-state index is 0.101. The van der Waals surface area contributed by atoms with Crippen LogP contribution in [0.25, 0.3) is 0 Å². The van der Waals surface area contributed by atoms with E-state index >= 15 is 0 Å². The highest BCUT2D eigenvalue weighted by Crippen LogP contribution is 2.75. The number of aliphatic hydroxyl groups excluding tert-OH is 12. The molecule has 0 radical (unpaired) electrons. The molecule has 4 aliphatic carbocycles. The van der Waals surface area contributed by atoms with Crippen molar-refractivity contribution in [2.45, 2.75) is 223 Å². The number of allylic oxidation sites excluding steroid dienone is 2. The van der Waals surface area contributed by atoms with E-state index in [1.807, 2.05) is 20.8 Å². The maximum Gasteiger partial charge on any atom is 0.187 e. The molecule has 7 fully saturated rings. The van der Waals surface area contributed by atoms with Crippen molar-refractivity contribution in [3.05, 3.63) is 11.6 Å². The predicted molar refractivity (Wildman–Crippen MR) is 234 cm³/mol. The number of hydrogen-bond donors (Lipinski definition) is 12. The molecule has 12 N–H and O–H groups in total. The minimum atomic E-state index is -1.79. The Morgan fingerprint density at radius 2 is 1.17 bits per heavy atom. The molecule has 18 heteroatoms. The first-order valence-corrected chi connectivity index (χ1v) is 24.4. The third kappa shape index (κ3) is 8.69. The molecule has 0 amide bonds. The topological polar surface area (TPSA) is 298 Å². The zero-order chi connectivity index (χ0) is 48.6. The third-order valence-electron chi connectivity index (χ3n) is 18.9. The quantitative estimate of drug-likeness (QED) is 0.0853. The summed E-state index contributed by atoms with van der Waals surface area (Å²) in [6, 6.07) is 0. The molecule has 0 aromatic carbocycles. The Morgan fingerprint density at radius 1 is 0.621 bits per heavy atom. The number of hydrogen-bond acceptors (Lipinski definition) is 18. The lowest BCUT2D eigenvalue weighted by Crippen LogP contribution is -2.67. The van der Waals surface area contributed by atoms with E-state index in [0.29, 0.717) is 25.7 Å². The van der Waals surface area contributed by atoms with Crippen molar-refractivity contribution >= 4 is 0 Å². The van der Waals surface area contributed by atoms with Crippen LogP contribution in [0.2, 0.25) is 0 Å². The second kappa shape index (κ2) is 19.6. The molecule has 0 spiro atoms. The molecule has 18 nitrogen and oxygen atoms in total. The Labute approximate surface area is 388 Å². The van der Waals surface area contributed by atoms with Crippen LogP contribution in [0.4, 0.5) is 0 Å². The summed E-state index contributed by atoms with van der Waals surface area (Å²) in [6.07, 6.45) is -15.4. The van der Waals surface area contributed by atoms with Crippen LogP contribution in [-0.2, 0) is 28.4 Å². The van der Waals surface area contributed by atoms with E-state index in [4.69, 9.17) is 28.4 Å². The van der Waals surface area contributed by atoms with Crippen LogP contribution < -0.4 is 0 Å². The molecule has 0 aromatic heterocycles. The van der Waals surface area contributed by atoms with Gasteiger partial charge in [0.15, 0.2) is 18.9 Å². The SMILES string of the molecule is CC(C)=CCC[C@](C)(O[C@@H]1O[C@H](CO)[C@@H](O)[C@H](O)[C@H]1O)[C@H]1CC[C@@]2(C)[C@@H]3CC[C@H]4C(C)(C)[C@@H](O[C@@H]5O[C@H](CO)[C@@H](O)[C@H](O)[C@H]5O[C@@H]5O[C@H](CO)[C@@H](O)[C@H](O)[C@H]5O)CC[C@]4(C)[C@H]3C[C@@H](O)[C@]12C. The first kappa shape index (κ1) is 52.8. The summed E-state index contributed by atoms with van der Waals surface area (Å²) in [6.45, 7) is 15.3. The summed E-state index contributed by atoms with van der Waals surface area (Å²) >= 11 is 0. The average Bonchev–Trinajstić information content (AvgIpc) is 3.57. The molecular weight excluding hydrogens is 865 g/mol. The van der Waals surface area contributed by atoms with Crippen molar-refractivity contribution in [3.8, 4) is 0 Å². The lowest BCUT2D eigenvalue weighted by Gasteiger charge is -2.69. The maximum atomic E-state index is 12.8. The number of rotatable bonds is 13. The molecule has 4 saturated carbocycles. The van der Waals surface area contributed by atoms with Crippen LogP contribution >= 0.6 is 0 Å². The van der Waals surface area contributed by atoms with Gasteiger partial charge in [-0.25, -0.2) is 0 Å². The second-order valence-electron chi connectivity index (χ2n) is 22.8. The molecule has 3 saturated heterocycles. The Morgan fingerprint density at radius 3 is 1.74 bits per heavy atom. The van der Waals surface area contributed by atoms with Crippen LogP contribution in [0.3, 0.4) is 0 Å². The Hall–Kier alpha value is -0.980. The van der Waals surface area contributed by atoms with Gasteiger partial charge in [0.05, 0.1) is 37.6 Å². The Kier molecular flexibility index (Phi) is 15.7. The van der Waals surface area contributed by atoms with Gasteiger partial charge < -0.3 is 89.7 Å². The average molecular weight is 947 g/mol. The summed E-state index contributed by atoms with van der Waals surface area (Å²) in [5, 5.41) is 129. The molecule has 66 heavy (non-hydrogen) atoms. The van der Waals surface area contributed by atoms with Gasteiger partial charge in [0, 0.05) is 5.41 Å². The Bertz CT molecular complexity index is 1680. The van der Waals surface area contributed by atoms with Gasteiger partial charge in [-0.05, 0) is 118 Å². The van der Waals surface area contributed by atoms with Crippen LogP contribution in [0, 0.1) is 45.3 Å². The third-order valence-corrected chi connectivity index (χ3v) is 18.9. The van der Waals surface area contributed by atoms with E-state index in [9.17, 15) is 61.3 Å². The van der Waals surface area contributed by atoms with E-state index in [1.165, 1.54) is 0 Å². The van der Waals surface area contributed by atoms with Gasteiger partial charge in [-0.15, -0.1) is 0 Å². The molecular formula is C48H82O18. The van der Waals surface area contributed by atoms with Gasteiger partial charge in [-0.3, -0.25) is 0 Å². The first-order valence-electron chi connectivity index (χ1n) is 24.4. The van der Waals surface area contributed by atoms with E-state index in [-0.39, 0.29) is 34.5 Å². The fourth-order valence-corrected chi connectivity index (χ4v) is 14.9. The fraction of sp³-hybridized carbons (Fsp3) is 0.958. The minimum Gasteiger partial charge on any atom is -0.394 e. The monoisotopic (exact) mass is 947 g/mol. The predicted octanol–water partition coefficient (Wildman–Crippen LogP) is -0.0268. The van der Waals surface area contributed by atoms with E-state index in [1.54, 1.807) is 0 Å². The molecule has 0 aromatic rings. The first-order chi connectivity index (χ1) is 30.9. The van der Waals surface area contributed by atoms with E-state index in [2.05, 4.69) is 40.7 Å². The van der Waals surface area contributed by atoms with E-state index in [0.717, 1.165) is 37.7 Å². The lowest BCUT2D eigenvalue weighted by molar-refractivity contribution is -0.378. The molecule has 0 unspecified atom stereocenters. The number of aliphatic hydroxyl groups is 12. The van der Waals surface area contributed by atoms with Gasteiger partial charge >= 0.3 is 0 Å². The van der Waals surface area contributed by atoms with Crippen molar-refractivity contribution in [1.29, 1.82) is 0 Å². The highest BCUT2D eigenvalue weighted by Gasteiger charge is 2.72. The van der Waals surface area contributed by atoms with Gasteiger partial charge in [0.25, 0.3) is 0 Å². The summed E-state index contributed by atoms with van der Waals surface area (Å²) in [7, 11) is 0. The van der Waals surface area contributed by atoms with E-state index < -0.39 is 141 Å². The van der Waals surface area contributed by atoms with Crippen molar-refractivity contribution in [1.82, 2.24) is 0 Å². The molecule has 3 heterocycles. The lowest BCUT2D eigenvalue weighted by atomic mass is 9.37. The van der Waals surface area contributed by atoms with Crippen LogP contribution in [-0.4, -0.2) is 191 Å². The second-order valence-corrected chi connectivity index (χ2v) is 22.8. The van der Waals surface area contributed by atoms with Crippen molar-refractivity contribution in [3.63, 3.8) is 0 Å². The molecule has 7 aliphatic rings. The van der Waals surface area contributed by atoms with Crippen molar-refractivity contribution in [2.24, 2.45) is 45.3 Å². The summed E-state index contributed by atoms with van der Waals surface area (Å²) in [5.74, 6) is 0.277. The smallest absolute Gasteiger partial charge is 0.187 e. The number of ether oxygens (including phenoxy) is 6. The summed E-state index contributed by atoms with van der Waals surface area (Å²) in [5.41, 5.74) is -1.54. The molecule has 3 aliphatic heterocycles. The van der Waals surface area contributed by atoms with Crippen LogP contribution in [0.15, 0.2) is 11.6 Å². The van der Waals surface area contributed by atoms with Gasteiger partial charge in [0.1, 0.15) is 73.2 Å². The number of fused-ring (bicyclic) bond motifs is 5. The molecule has 7 rings (SSSR count). The highest BCUT2D eigenvalue weighted by atomic mass is 16.8. The molecule has 25 atom stereocenters. The fourth-order valence-electron chi connectivity index (χ4n) is 14.9. The molecule has 0 bridgehead atoms. The largest absolute Gasteiger partial charge is 0.394 e. The maximum absolute atomic E-state index is 12.8.